The van der Waals surface area contributed by atoms with Crippen molar-refractivity contribution in [3.63, 3.8) is 0 Å². The molecule has 0 spiro atoms. The molecule has 19 nitrogen and oxygen atoms in total. The SMILES string of the molecule is CC[C@H]1OC(=O)[C@H](C)[C@@H](C2C[C@@](C)(OC)[C@@H](O)[C@H](C)O2)[C@H](C)[C@@H](O[C@@H]2O[C@H](C)C[C@H](N(C)CCc3cn(CCCOc4ccc(-c5csnn5)cc4)nn3)[C@H]2O)[C@](C)(O)C[C@@H](C)CN(C)[C@H](C)[C@@H](O)[C@]1(C)O. The van der Waals surface area contributed by atoms with E-state index in [0.717, 1.165) is 29.1 Å². The minimum absolute atomic E-state index is 0.167. The number of aliphatic hydroxyl groups excluding tert-OH is 3. The van der Waals surface area contributed by atoms with Crippen LogP contribution < -0.4 is 4.74 Å². The van der Waals surface area contributed by atoms with Gasteiger partial charge in [-0.15, -0.1) is 10.2 Å². The fourth-order valence-corrected chi connectivity index (χ4v) is 12.1. The van der Waals surface area contributed by atoms with E-state index in [-0.39, 0.29) is 31.3 Å². The molecular weight excluding hydrogens is 947 g/mol. The fraction of sp³-hybridized carbons (Fsp3) is 0.788. The molecule has 0 amide bonds. The molecule has 3 fully saturated rings. The number of aromatic nitrogens is 5. The lowest BCUT2D eigenvalue weighted by atomic mass is 9.68. The number of hydrogen-bond acceptors (Lipinski definition) is 19. The largest absolute Gasteiger partial charge is 0.494 e. The number of benzene rings is 1. The van der Waals surface area contributed by atoms with Crippen LogP contribution in [0.2, 0.25) is 0 Å². The van der Waals surface area contributed by atoms with Gasteiger partial charge in [0.15, 0.2) is 6.29 Å². The predicted octanol–water partition coefficient (Wildman–Crippen LogP) is 4.37. The number of nitrogens with zero attached hydrogens (tertiary/aromatic N) is 7. The Kier molecular flexibility index (Phi) is 19.8. The number of methoxy groups -OCH3 is 1. The molecule has 18 atom stereocenters. The predicted molar refractivity (Wildman–Crippen MR) is 271 cm³/mol. The zero-order chi connectivity index (χ0) is 52.9. The van der Waals surface area contributed by atoms with E-state index in [1.165, 1.54) is 25.6 Å². The van der Waals surface area contributed by atoms with Gasteiger partial charge in [0.1, 0.15) is 41.5 Å². The van der Waals surface area contributed by atoms with Crippen molar-refractivity contribution in [1.82, 2.24) is 34.4 Å². The van der Waals surface area contributed by atoms with Gasteiger partial charge >= 0.3 is 5.97 Å². The lowest BCUT2D eigenvalue weighted by Gasteiger charge is -2.51. The third-order valence-electron chi connectivity index (χ3n) is 16.1. The average Bonchev–Trinajstić information content (AvgIpc) is 4.05. The smallest absolute Gasteiger partial charge is 0.309 e. The molecule has 1 unspecified atom stereocenters. The highest BCUT2D eigenvalue weighted by molar-refractivity contribution is 7.03. The summed E-state index contributed by atoms with van der Waals surface area (Å²) in [5.74, 6) is -2.34. The van der Waals surface area contributed by atoms with Crippen LogP contribution in [0.25, 0.3) is 11.3 Å². The number of aliphatic hydroxyl groups is 5. The van der Waals surface area contributed by atoms with E-state index in [9.17, 15) is 30.3 Å². The Labute approximate surface area is 430 Å². The monoisotopic (exact) mass is 1030 g/mol. The first kappa shape index (κ1) is 58.0. The lowest BCUT2D eigenvalue weighted by molar-refractivity contribution is -0.302. The van der Waals surface area contributed by atoms with Crippen LogP contribution >= 0.6 is 11.5 Å². The van der Waals surface area contributed by atoms with Crippen molar-refractivity contribution in [1.29, 1.82) is 0 Å². The number of carbonyl (C=O) groups excluding carboxylic acids is 1. The van der Waals surface area contributed by atoms with Gasteiger partial charge in [-0.25, -0.2) is 0 Å². The van der Waals surface area contributed by atoms with Gasteiger partial charge in [-0.1, -0.05) is 37.4 Å². The van der Waals surface area contributed by atoms with Crippen LogP contribution in [0.15, 0.2) is 35.8 Å². The van der Waals surface area contributed by atoms with E-state index in [4.69, 9.17) is 28.4 Å². The number of rotatable bonds is 15. The Morgan fingerprint density at radius 3 is 2.33 bits per heavy atom. The van der Waals surface area contributed by atoms with E-state index >= 15 is 0 Å². The summed E-state index contributed by atoms with van der Waals surface area (Å²) < 4.78 is 43.9. The molecule has 0 saturated carbocycles. The first-order valence-electron chi connectivity index (χ1n) is 25.9. The highest BCUT2D eigenvalue weighted by atomic mass is 32.1. The van der Waals surface area contributed by atoms with Gasteiger partial charge < -0.3 is 63.8 Å². The topological polar surface area (TPSA) is 237 Å². The number of carbonyl (C=O) groups is 1. The van der Waals surface area contributed by atoms with E-state index in [0.29, 0.717) is 39.1 Å². The third-order valence-corrected chi connectivity index (χ3v) is 16.6. The molecule has 0 radical (unpaired) electrons. The van der Waals surface area contributed by atoms with Gasteiger partial charge in [0.2, 0.25) is 0 Å². The lowest BCUT2D eigenvalue weighted by Crippen LogP contribution is -2.62. The molecule has 3 aromatic rings. The van der Waals surface area contributed by atoms with Crippen molar-refractivity contribution in [2.24, 2.45) is 23.7 Å². The zero-order valence-corrected chi connectivity index (χ0v) is 45.6. The Bertz CT molecular complexity index is 2130. The Balaban J connectivity index is 1.20. The standard InChI is InChI=1S/C52H85N7O12S/c1-14-42-52(10,65)45(61)34(6)58(12)27-30(2)25-50(8,64)47(32(4)43(33(5)48(63)70-42)41-26-51(9,66-13)46(62)35(7)69-41)71-49-44(60)40(24-31(3)68-49)57(11)22-20-37-28-59(55-53-37)21-15-23-67-38-18-16-36(17-19-38)39-29-72-56-54-39/h16-19,28-35,40-47,49,60-62,64-65H,14-15,20-27H2,1-13H3/t30-,31-,32+,33-,34-,35+,40+,41?,42-,43+,44-,45-,46+,47-,49+,50-,51-,52-/m1/s1. The van der Waals surface area contributed by atoms with Gasteiger partial charge in [-0.05, 0) is 123 Å². The molecular formula is C52H85N7O12S. The van der Waals surface area contributed by atoms with E-state index in [2.05, 4.69) is 24.8 Å². The first-order chi connectivity index (χ1) is 33.9. The van der Waals surface area contributed by atoms with Crippen LogP contribution in [-0.2, 0) is 41.4 Å². The molecule has 3 aliphatic rings. The van der Waals surface area contributed by atoms with Crippen molar-refractivity contribution in [3.8, 4) is 17.0 Å². The van der Waals surface area contributed by atoms with Crippen LogP contribution in [0, 0.1) is 23.7 Å². The van der Waals surface area contributed by atoms with Crippen LogP contribution in [0.5, 0.6) is 5.75 Å². The number of aryl methyl sites for hydroxylation is 1. The van der Waals surface area contributed by atoms with E-state index in [1.54, 1.807) is 27.7 Å². The molecule has 2 aromatic heterocycles. The first-order valence-corrected chi connectivity index (χ1v) is 26.7. The second-order valence-corrected chi connectivity index (χ2v) is 22.6. The fourth-order valence-electron chi connectivity index (χ4n) is 11.7. The maximum absolute atomic E-state index is 14.6. The summed E-state index contributed by atoms with van der Waals surface area (Å²) in [6, 6.07) is 6.84. The normalized spacial score (nSPS) is 39.0. The number of hydrogen-bond donors (Lipinski definition) is 5. The van der Waals surface area contributed by atoms with Crippen molar-refractivity contribution in [2.75, 3.05) is 40.9 Å². The molecule has 406 valence electrons. The molecule has 6 rings (SSSR count). The maximum Gasteiger partial charge on any atom is 0.309 e. The summed E-state index contributed by atoms with van der Waals surface area (Å²) >= 11 is 1.31. The quantitative estimate of drug-likeness (QED) is 0.105. The van der Waals surface area contributed by atoms with Crippen LogP contribution in [0.3, 0.4) is 0 Å². The van der Waals surface area contributed by atoms with Gasteiger partial charge in [0, 0.05) is 81.1 Å². The molecule has 5 heterocycles. The second kappa shape index (κ2) is 24.6. The summed E-state index contributed by atoms with van der Waals surface area (Å²) in [7, 11) is 5.35. The van der Waals surface area contributed by atoms with Crippen molar-refractivity contribution in [2.45, 2.75) is 198 Å². The summed E-state index contributed by atoms with van der Waals surface area (Å²) in [6.07, 6.45) is -4.03. The Morgan fingerprint density at radius 1 is 0.972 bits per heavy atom. The van der Waals surface area contributed by atoms with Gasteiger partial charge in [-0.2, -0.15) is 0 Å². The average molecular weight is 1030 g/mol. The Hall–Kier alpha value is -3.25. The van der Waals surface area contributed by atoms with Crippen LogP contribution in [-0.4, -0.2) is 191 Å². The number of cyclic esters (lactones) is 1. The van der Waals surface area contributed by atoms with Crippen LogP contribution in [0.1, 0.15) is 107 Å². The molecule has 0 bridgehead atoms. The van der Waals surface area contributed by atoms with Gasteiger partial charge in [-0.3, -0.25) is 9.48 Å². The Morgan fingerprint density at radius 2 is 1.68 bits per heavy atom. The van der Waals surface area contributed by atoms with Crippen molar-refractivity contribution < 1.29 is 58.7 Å². The minimum atomic E-state index is -1.81. The summed E-state index contributed by atoms with van der Waals surface area (Å²) in [4.78, 5) is 18.6. The van der Waals surface area contributed by atoms with Crippen LogP contribution in [0.4, 0.5) is 0 Å². The molecule has 0 aliphatic carbocycles. The van der Waals surface area contributed by atoms with Crippen molar-refractivity contribution >= 4 is 17.5 Å². The molecule has 3 aliphatic heterocycles. The number of likely N-dealkylation sites (N-methyl/N-ethyl adjacent to an activating group) is 2. The molecule has 1 aromatic carbocycles. The highest BCUT2D eigenvalue weighted by Crippen LogP contribution is 2.45. The second-order valence-electron chi connectivity index (χ2n) is 22.0. The maximum atomic E-state index is 14.6. The van der Waals surface area contributed by atoms with Crippen molar-refractivity contribution in [3.05, 3.63) is 41.5 Å². The van der Waals surface area contributed by atoms with E-state index < -0.39 is 102 Å². The van der Waals surface area contributed by atoms with E-state index in [1.807, 2.05) is 94.1 Å². The molecule has 72 heavy (non-hydrogen) atoms. The minimum Gasteiger partial charge on any atom is -0.494 e. The highest BCUT2D eigenvalue weighted by Gasteiger charge is 2.55. The summed E-state index contributed by atoms with van der Waals surface area (Å²) in [6.45, 7) is 20.1. The number of esters is 1. The molecule has 20 heteroatoms. The summed E-state index contributed by atoms with van der Waals surface area (Å²) in [5, 5.41) is 74.9. The summed E-state index contributed by atoms with van der Waals surface area (Å²) in [5.41, 5.74) is -1.81. The number of ether oxygens (including phenoxy) is 6. The molecule has 5 N–H and O–H groups in total. The van der Waals surface area contributed by atoms with Gasteiger partial charge in [0.25, 0.3) is 0 Å². The van der Waals surface area contributed by atoms with Gasteiger partial charge in [0.05, 0.1) is 53.8 Å². The zero-order valence-electron chi connectivity index (χ0n) is 44.8. The third kappa shape index (κ3) is 13.6. The molecule has 3 saturated heterocycles.